The Hall–Kier alpha value is -0.130. The van der Waals surface area contributed by atoms with Crippen molar-refractivity contribution in [1.82, 2.24) is 4.31 Å². The topological polar surface area (TPSA) is 63.4 Å². The van der Waals surface area contributed by atoms with Crippen molar-refractivity contribution in [3.05, 3.63) is 0 Å². The molecule has 0 bridgehead atoms. The lowest BCUT2D eigenvalue weighted by molar-refractivity contribution is 0.120. The van der Waals surface area contributed by atoms with E-state index in [4.69, 9.17) is 5.73 Å². The van der Waals surface area contributed by atoms with Crippen LogP contribution in [0.2, 0.25) is 0 Å². The fourth-order valence-electron chi connectivity index (χ4n) is 3.18. The molecular weight excluding hydrogens is 272 g/mol. The minimum absolute atomic E-state index is 0.246. The van der Waals surface area contributed by atoms with Crippen LogP contribution < -0.4 is 5.73 Å². The summed E-state index contributed by atoms with van der Waals surface area (Å²) in [4.78, 5) is 0. The molecule has 0 radical (unpaired) electrons. The summed E-state index contributed by atoms with van der Waals surface area (Å²) < 4.78 is 27.1. The summed E-state index contributed by atoms with van der Waals surface area (Å²) in [5.41, 5.74) is 5.67. The fourth-order valence-corrected chi connectivity index (χ4v) is 5.41. The van der Waals surface area contributed by atoms with E-state index in [0.717, 1.165) is 32.1 Å². The van der Waals surface area contributed by atoms with Crippen LogP contribution in [0.4, 0.5) is 0 Å². The van der Waals surface area contributed by atoms with Gasteiger partial charge in [-0.1, -0.05) is 27.7 Å². The Bertz CT molecular complexity index is 385. The number of nitrogens with zero attached hydrogens (tertiary/aromatic N) is 1. The summed E-state index contributed by atoms with van der Waals surface area (Å²) in [7, 11) is -3.20. The van der Waals surface area contributed by atoms with Crippen molar-refractivity contribution >= 4 is 10.0 Å². The molecule has 1 rings (SSSR count). The Balaban J connectivity index is 2.91. The van der Waals surface area contributed by atoms with Crippen LogP contribution in [-0.2, 0) is 10.0 Å². The van der Waals surface area contributed by atoms with Crippen LogP contribution in [0.5, 0.6) is 0 Å². The molecule has 0 aromatic carbocycles. The molecule has 0 aliphatic heterocycles. The Morgan fingerprint density at radius 2 is 1.85 bits per heavy atom. The van der Waals surface area contributed by atoms with Gasteiger partial charge in [0, 0.05) is 18.6 Å². The van der Waals surface area contributed by atoms with E-state index in [0.29, 0.717) is 24.9 Å². The first kappa shape index (κ1) is 17.9. The van der Waals surface area contributed by atoms with E-state index in [-0.39, 0.29) is 11.3 Å². The maximum absolute atomic E-state index is 12.7. The first-order chi connectivity index (χ1) is 9.27. The summed E-state index contributed by atoms with van der Waals surface area (Å²) in [6.07, 6.45) is 4.68. The molecular formula is C15H32N2O2S. The molecule has 0 amide bonds. The second-order valence-electron chi connectivity index (χ2n) is 6.77. The van der Waals surface area contributed by atoms with Crippen molar-refractivity contribution in [3.63, 3.8) is 0 Å². The summed E-state index contributed by atoms with van der Waals surface area (Å²) in [6.45, 7) is 9.27. The summed E-state index contributed by atoms with van der Waals surface area (Å²) in [5.74, 6) is 1.34. The molecule has 1 aliphatic carbocycles. The molecule has 0 heterocycles. The van der Waals surface area contributed by atoms with Gasteiger partial charge < -0.3 is 5.73 Å². The zero-order valence-electron chi connectivity index (χ0n) is 13.6. The lowest BCUT2D eigenvalue weighted by atomic mass is 9.77. The number of likely N-dealkylation sites (N-methyl/N-ethyl adjacent to an activating group) is 1. The van der Waals surface area contributed by atoms with Gasteiger partial charge in [-0.2, -0.15) is 4.31 Å². The summed E-state index contributed by atoms with van der Waals surface area (Å²) >= 11 is 0. The Morgan fingerprint density at radius 1 is 1.30 bits per heavy atom. The van der Waals surface area contributed by atoms with Gasteiger partial charge in [0.25, 0.3) is 0 Å². The van der Waals surface area contributed by atoms with Crippen molar-refractivity contribution in [3.8, 4) is 0 Å². The van der Waals surface area contributed by atoms with Crippen LogP contribution >= 0.6 is 0 Å². The molecule has 0 saturated heterocycles. The second kappa shape index (κ2) is 7.23. The highest BCUT2D eigenvalue weighted by atomic mass is 32.2. The van der Waals surface area contributed by atoms with E-state index in [1.165, 1.54) is 0 Å². The van der Waals surface area contributed by atoms with E-state index in [1.807, 2.05) is 6.92 Å². The summed E-state index contributed by atoms with van der Waals surface area (Å²) in [6, 6.07) is 0. The second-order valence-corrected chi connectivity index (χ2v) is 8.79. The minimum Gasteiger partial charge on any atom is -0.329 e. The molecule has 1 saturated carbocycles. The SMILES string of the molecule is CCN(C1(CN)CCC(C)CC1)S(=O)(=O)CCC(C)C. The molecule has 0 spiro atoms. The number of nitrogens with two attached hydrogens (primary N) is 1. The molecule has 1 aliphatic rings. The third-order valence-corrected chi connectivity index (χ3v) is 6.76. The van der Waals surface area contributed by atoms with Crippen molar-refractivity contribution in [2.75, 3.05) is 18.8 Å². The molecule has 0 unspecified atom stereocenters. The molecule has 0 aromatic rings. The van der Waals surface area contributed by atoms with Gasteiger partial charge in [-0.3, -0.25) is 0 Å². The van der Waals surface area contributed by atoms with Gasteiger partial charge in [0.15, 0.2) is 0 Å². The van der Waals surface area contributed by atoms with Crippen molar-refractivity contribution in [2.45, 2.75) is 65.3 Å². The number of hydrogen-bond donors (Lipinski definition) is 1. The number of sulfonamides is 1. The lowest BCUT2D eigenvalue weighted by Gasteiger charge is -2.46. The average Bonchev–Trinajstić information content (AvgIpc) is 2.40. The van der Waals surface area contributed by atoms with Gasteiger partial charge in [0.1, 0.15) is 0 Å². The van der Waals surface area contributed by atoms with Gasteiger partial charge in [-0.15, -0.1) is 0 Å². The molecule has 2 N–H and O–H groups in total. The van der Waals surface area contributed by atoms with Gasteiger partial charge >= 0.3 is 0 Å². The minimum atomic E-state index is -3.20. The van der Waals surface area contributed by atoms with E-state index in [9.17, 15) is 8.42 Å². The van der Waals surface area contributed by atoms with Crippen LogP contribution in [-0.4, -0.2) is 37.1 Å². The lowest BCUT2D eigenvalue weighted by Crippen LogP contribution is -2.58. The Morgan fingerprint density at radius 3 is 2.25 bits per heavy atom. The standard InChI is InChI=1S/C15H32N2O2S/c1-5-17(20(18,19)11-8-13(2)3)15(12-16)9-6-14(4)7-10-15/h13-14H,5-12,16H2,1-4H3. The summed E-state index contributed by atoms with van der Waals surface area (Å²) in [5, 5.41) is 0. The van der Waals surface area contributed by atoms with Gasteiger partial charge in [-0.25, -0.2) is 8.42 Å². The zero-order chi connectivity index (χ0) is 15.4. The highest BCUT2D eigenvalue weighted by molar-refractivity contribution is 7.89. The predicted molar refractivity (Wildman–Crippen MR) is 85.0 cm³/mol. The monoisotopic (exact) mass is 304 g/mol. The largest absolute Gasteiger partial charge is 0.329 e. The highest BCUT2D eigenvalue weighted by Gasteiger charge is 2.43. The van der Waals surface area contributed by atoms with Crippen LogP contribution in [0.15, 0.2) is 0 Å². The quantitative estimate of drug-likeness (QED) is 0.786. The predicted octanol–water partition coefficient (Wildman–Crippen LogP) is 2.59. The first-order valence-electron chi connectivity index (χ1n) is 7.98. The Labute approximate surface area is 125 Å². The maximum Gasteiger partial charge on any atom is 0.214 e. The third kappa shape index (κ3) is 4.18. The van der Waals surface area contributed by atoms with E-state index >= 15 is 0 Å². The molecule has 5 heteroatoms. The average molecular weight is 305 g/mol. The smallest absolute Gasteiger partial charge is 0.214 e. The Kier molecular flexibility index (Phi) is 6.48. The van der Waals surface area contributed by atoms with Crippen molar-refractivity contribution < 1.29 is 8.42 Å². The van der Waals surface area contributed by atoms with Gasteiger partial charge in [0.05, 0.1) is 5.75 Å². The first-order valence-corrected chi connectivity index (χ1v) is 9.59. The fraction of sp³-hybridized carbons (Fsp3) is 1.00. The third-order valence-electron chi connectivity index (χ3n) is 4.69. The van der Waals surface area contributed by atoms with Crippen LogP contribution in [0, 0.1) is 11.8 Å². The number of rotatable bonds is 7. The highest BCUT2D eigenvalue weighted by Crippen LogP contribution is 2.37. The molecule has 0 aromatic heterocycles. The van der Waals surface area contributed by atoms with E-state index < -0.39 is 10.0 Å². The van der Waals surface area contributed by atoms with Crippen LogP contribution in [0.1, 0.15) is 59.8 Å². The normalized spacial score (nSPS) is 28.2. The van der Waals surface area contributed by atoms with Crippen molar-refractivity contribution in [1.29, 1.82) is 0 Å². The van der Waals surface area contributed by atoms with Crippen LogP contribution in [0.25, 0.3) is 0 Å². The molecule has 120 valence electrons. The molecule has 20 heavy (non-hydrogen) atoms. The van der Waals surface area contributed by atoms with Gasteiger partial charge in [-0.05, 0) is 43.9 Å². The van der Waals surface area contributed by atoms with Crippen molar-refractivity contribution in [2.24, 2.45) is 17.6 Å². The van der Waals surface area contributed by atoms with E-state index in [2.05, 4.69) is 20.8 Å². The van der Waals surface area contributed by atoms with Gasteiger partial charge in [0.2, 0.25) is 10.0 Å². The molecule has 0 atom stereocenters. The maximum atomic E-state index is 12.7. The molecule has 1 fully saturated rings. The van der Waals surface area contributed by atoms with Crippen LogP contribution in [0.3, 0.4) is 0 Å². The zero-order valence-corrected chi connectivity index (χ0v) is 14.4. The molecule has 4 nitrogen and oxygen atoms in total. The number of hydrogen-bond acceptors (Lipinski definition) is 3. The van der Waals surface area contributed by atoms with E-state index in [1.54, 1.807) is 4.31 Å².